The van der Waals surface area contributed by atoms with Gasteiger partial charge in [-0.3, -0.25) is 19.4 Å². The normalized spacial score (nSPS) is 19.5. The van der Waals surface area contributed by atoms with Crippen LogP contribution in [0.1, 0.15) is 48.3 Å². The zero-order chi connectivity index (χ0) is 25.1. The maximum absolute atomic E-state index is 13.8. The zero-order valence-corrected chi connectivity index (χ0v) is 20.5. The van der Waals surface area contributed by atoms with E-state index in [0.717, 1.165) is 31.4 Å². The average molecular weight is 490 g/mol. The van der Waals surface area contributed by atoms with E-state index < -0.39 is 0 Å². The van der Waals surface area contributed by atoms with E-state index in [1.54, 1.807) is 30.5 Å². The minimum Gasteiger partial charge on any atom is -0.368 e. The number of carbonyl (C=O) groups excluding carboxylic acids is 2. The Labute approximate surface area is 209 Å². The molecule has 9 nitrogen and oxygen atoms in total. The number of amides is 2. The fourth-order valence-corrected chi connectivity index (χ4v) is 5.24. The molecule has 1 atom stereocenters. The topological polar surface area (TPSA) is 97.6 Å². The van der Waals surface area contributed by atoms with Gasteiger partial charge in [0.25, 0.3) is 11.5 Å². The molecule has 2 aromatic heterocycles. The molecule has 3 heterocycles. The molecule has 36 heavy (non-hydrogen) atoms. The van der Waals surface area contributed by atoms with Crippen molar-refractivity contribution in [3.8, 4) is 0 Å². The first kappa shape index (κ1) is 24.1. The highest BCUT2D eigenvalue weighted by Crippen LogP contribution is 2.25. The van der Waals surface area contributed by atoms with Gasteiger partial charge in [0.1, 0.15) is 6.54 Å². The number of hydrogen-bond acceptors (Lipinski definition) is 6. The van der Waals surface area contributed by atoms with Crippen molar-refractivity contribution in [2.45, 2.75) is 50.9 Å². The summed E-state index contributed by atoms with van der Waals surface area (Å²) in [7, 11) is 1.53. The van der Waals surface area contributed by atoms with Crippen LogP contribution in [0.5, 0.6) is 0 Å². The molecule has 188 valence electrons. The van der Waals surface area contributed by atoms with Gasteiger partial charge < -0.3 is 14.5 Å². The first-order chi connectivity index (χ1) is 17.5. The van der Waals surface area contributed by atoms with Gasteiger partial charge in [0, 0.05) is 37.8 Å². The number of rotatable bonds is 5. The second-order valence-corrected chi connectivity index (χ2v) is 9.60. The number of nitrogens with zero attached hydrogens (tertiary/aromatic N) is 5. The molecule has 9 heteroatoms. The lowest BCUT2D eigenvalue weighted by molar-refractivity contribution is -0.134. The molecule has 2 aliphatic rings. The standard InChI is InChI=1S/C27H31N5O4/c1-30-26(34)23-13-6-5-12-22(23)25(29-30)27(35)31-15-21(36-18-19-9-7-8-14-28-19)16-32(24(33)17-31)20-10-3-2-4-11-20/h5-9,12-14,20-21H,2-4,10-11,15-18H2,1H3. The quantitative estimate of drug-likeness (QED) is 0.546. The number of ether oxygens (including phenoxy) is 1. The van der Waals surface area contributed by atoms with Crippen molar-refractivity contribution in [2.24, 2.45) is 7.05 Å². The number of fused-ring (bicyclic) bond motifs is 1. The highest BCUT2D eigenvalue weighted by Gasteiger charge is 2.36. The summed E-state index contributed by atoms with van der Waals surface area (Å²) >= 11 is 0. The van der Waals surface area contributed by atoms with E-state index in [4.69, 9.17) is 4.74 Å². The average Bonchev–Trinajstić information content (AvgIpc) is 3.09. The second-order valence-electron chi connectivity index (χ2n) is 9.60. The van der Waals surface area contributed by atoms with Crippen molar-refractivity contribution in [3.05, 3.63) is 70.4 Å². The molecular weight excluding hydrogens is 458 g/mol. The Kier molecular flexibility index (Phi) is 7.09. The molecule has 3 aromatic rings. The van der Waals surface area contributed by atoms with E-state index >= 15 is 0 Å². The molecular formula is C27H31N5O4. The van der Waals surface area contributed by atoms with Crippen LogP contribution >= 0.6 is 0 Å². The number of aryl methyl sites for hydroxylation is 1. The Morgan fingerprint density at radius 2 is 1.75 bits per heavy atom. The van der Waals surface area contributed by atoms with Crippen LogP contribution in [-0.4, -0.2) is 68.2 Å². The summed E-state index contributed by atoms with van der Waals surface area (Å²) in [5.74, 6) is -0.458. The summed E-state index contributed by atoms with van der Waals surface area (Å²) in [5.41, 5.74) is 0.685. The summed E-state index contributed by atoms with van der Waals surface area (Å²) in [6, 6.07) is 12.8. The van der Waals surface area contributed by atoms with Crippen LogP contribution in [0.2, 0.25) is 0 Å². The molecule has 2 amide bonds. The van der Waals surface area contributed by atoms with Gasteiger partial charge in [-0.15, -0.1) is 0 Å². The number of carbonyl (C=O) groups is 2. The monoisotopic (exact) mass is 489 g/mol. The van der Waals surface area contributed by atoms with Crippen molar-refractivity contribution < 1.29 is 14.3 Å². The van der Waals surface area contributed by atoms with Gasteiger partial charge in [0.2, 0.25) is 5.91 Å². The number of aromatic nitrogens is 3. The van der Waals surface area contributed by atoms with Crippen molar-refractivity contribution >= 4 is 22.6 Å². The Bertz CT molecular complexity index is 1300. The third-order valence-electron chi connectivity index (χ3n) is 7.13. The summed E-state index contributed by atoms with van der Waals surface area (Å²) in [6.45, 7) is 0.930. The van der Waals surface area contributed by atoms with Gasteiger partial charge in [-0.2, -0.15) is 5.10 Å². The van der Waals surface area contributed by atoms with Gasteiger partial charge in [-0.25, -0.2) is 4.68 Å². The maximum atomic E-state index is 13.8. The minimum atomic E-state index is -0.382. The Balaban J connectivity index is 1.45. The Morgan fingerprint density at radius 3 is 2.50 bits per heavy atom. The van der Waals surface area contributed by atoms with Gasteiger partial charge in [-0.1, -0.05) is 43.5 Å². The lowest BCUT2D eigenvalue weighted by Gasteiger charge is -2.34. The molecule has 1 aliphatic carbocycles. The van der Waals surface area contributed by atoms with E-state index in [2.05, 4.69) is 10.1 Å². The summed E-state index contributed by atoms with van der Waals surface area (Å²) < 4.78 is 7.42. The predicted molar refractivity (Wildman–Crippen MR) is 134 cm³/mol. The molecule has 0 bridgehead atoms. The Morgan fingerprint density at radius 1 is 1.00 bits per heavy atom. The molecule has 1 saturated carbocycles. The largest absolute Gasteiger partial charge is 0.368 e. The second kappa shape index (κ2) is 10.6. The molecule has 2 fully saturated rings. The van der Waals surface area contributed by atoms with E-state index in [0.29, 0.717) is 23.9 Å². The zero-order valence-electron chi connectivity index (χ0n) is 20.5. The van der Waals surface area contributed by atoms with Crippen LogP contribution in [0.3, 0.4) is 0 Å². The molecule has 0 spiro atoms. The fraction of sp³-hybridized carbons (Fsp3) is 0.444. The summed E-state index contributed by atoms with van der Waals surface area (Å²) in [5, 5.41) is 5.20. The van der Waals surface area contributed by atoms with E-state index in [1.807, 2.05) is 23.1 Å². The first-order valence-electron chi connectivity index (χ1n) is 12.6. The van der Waals surface area contributed by atoms with Crippen molar-refractivity contribution in [1.82, 2.24) is 24.6 Å². The number of hydrogen-bond donors (Lipinski definition) is 0. The highest BCUT2D eigenvalue weighted by molar-refractivity contribution is 6.05. The van der Waals surface area contributed by atoms with Crippen LogP contribution in [0, 0.1) is 0 Å². The van der Waals surface area contributed by atoms with Gasteiger partial charge in [0.15, 0.2) is 5.69 Å². The molecule has 1 aliphatic heterocycles. The number of benzene rings is 1. The van der Waals surface area contributed by atoms with Crippen LogP contribution in [0.4, 0.5) is 0 Å². The lowest BCUT2D eigenvalue weighted by atomic mass is 9.94. The van der Waals surface area contributed by atoms with Crippen LogP contribution in [0.25, 0.3) is 10.8 Å². The molecule has 1 aromatic carbocycles. The Hall–Kier alpha value is -3.59. The first-order valence-corrected chi connectivity index (χ1v) is 12.6. The van der Waals surface area contributed by atoms with Crippen LogP contribution in [-0.2, 0) is 23.2 Å². The van der Waals surface area contributed by atoms with Crippen LogP contribution < -0.4 is 5.56 Å². The van der Waals surface area contributed by atoms with Gasteiger partial charge >= 0.3 is 0 Å². The van der Waals surface area contributed by atoms with Crippen molar-refractivity contribution in [3.63, 3.8) is 0 Å². The van der Waals surface area contributed by atoms with E-state index in [9.17, 15) is 14.4 Å². The smallest absolute Gasteiger partial charge is 0.275 e. The third kappa shape index (κ3) is 5.02. The van der Waals surface area contributed by atoms with E-state index in [-0.39, 0.29) is 48.3 Å². The predicted octanol–water partition coefficient (Wildman–Crippen LogP) is 2.53. The fourth-order valence-electron chi connectivity index (χ4n) is 5.24. The van der Waals surface area contributed by atoms with E-state index in [1.165, 1.54) is 23.1 Å². The number of pyridine rings is 1. The third-order valence-corrected chi connectivity index (χ3v) is 7.13. The molecule has 1 unspecified atom stereocenters. The SMILES string of the molecule is Cn1nc(C(=O)N2CC(=O)N(C3CCCCC3)CC(OCc3ccccn3)C2)c2ccccc2c1=O. The van der Waals surface area contributed by atoms with Crippen molar-refractivity contribution in [2.75, 3.05) is 19.6 Å². The van der Waals surface area contributed by atoms with Gasteiger partial charge in [-0.05, 0) is 31.0 Å². The lowest BCUT2D eigenvalue weighted by Crippen LogP contribution is -2.46. The molecule has 0 N–H and O–H groups in total. The molecule has 5 rings (SSSR count). The highest BCUT2D eigenvalue weighted by atomic mass is 16.5. The summed E-state index contributed by atoms with van der Waals surface area (Å²) in [6.07, 6.45) is 6.68. The maximum Gasteiger partial charge on any atom is 0.275 e. The molecule has 1 saturated heterocycles. The van der Waals surface area contributed by atoms with Crippen molar-refractivity contribution in [1.29, 1.82) is 0 Å². The molecule has 0 radical (unpaired) electrons. The van der Waals surface area contributed by atoms with Crippen LogP contribution in [0.15, 0.2) is 53.5 Å². The summed E-state index contributed by atoms with van der Waals surface area (Å²) in [4.78, 5) is 47.6. The minimum absolute atomic E-state index is 0.0440. The van der Waals surface area contributed by atoms with Gasteiger partial charge in [0.05, 0.1) is 23.8 Å².